The summed E-state index contributed by atoms with van der Waals surface area (Å²) in [5, 5.41) is 2.91. The lowest BCUT2D eigenvalue weighted by Crippen LogP contribution is -2.52. The quantitative estimate of drug-likeness (QED) is 0.875. The Kier molecular flexibility index (Phi) is 5.69. The minimum Gasteiger partial charge on any atom is -0.493 e. The number of hydrogen-bond donors (Lipinski definition) is 1. The van der Waals surface area contributed by atoms with Crippen LogP contribution in [0.2, 0.25) is 0 Å². The zero-order valence-electron chi connectivity index (χ0n) is 15.8. The van der Waals surface area contributed by atoms with Gasteiger partial charge in [0.05, 0.1) is 14.2 Å². The topological polar surface area (TPSA) is 67.9 Å². The van der Waals surface area contributed by atoms with E-state index in [0.717, 1.165) is 37.7 Å². The summed E-state index contributed by atoms with van der Waals surface area (Å²) in [5.74, 6) is 1.53. The highest BCUT2D eigenvalue weighted by Gasteiger charge is 2.35. The van der Waals surface area contributed by atoms with Crippen LogP contribution in [0.3, 0.4) is 0 Å². The van der Waals surface area contributed by atoms with Crippen LogP contribution in [0.25, 0.3) is 0 Å². The largest absolute Gasteiger partial charge is 0.493 e. The first-order chi connectivity index (χ1) is 12.5. The van der Waals surface area contributed by atoms with Gasteiger partial charge in [-0.2, -0.15) is 0 Å². The second-order valence-electron chi connectivity index (χ2n) is 7.21. The highest BCUT2D eigenvalue weighted by Crippen LogP contribution is 2.34. The molecule has 26 heavy (non-hydrogen) atoms. The van der Waals surface area contributed by atoms with E-state index in [4.69, 9.17) is 9.47 Å². The fourth-order valence-electron chi connectivity index (χ4n) is 4.16. The first-order valence-electron chi connectivity index (χ1n) is 9.33. The third kappa shape index (κ3) is 3.79. The van der Waals surface area contributed by atoms with Crippen LogP contribution in [0.4, 0.5) is 0 Å². The summed E-state index contributed by atoms with van der Waals surface area (Å²) < 4.78 is 10.8. The number of ether oxygens (including phenoxy) is 2. The molecule has 0 saturated heterocycles. The second kappa shape index (κ2) is 7.98. The second-order valence-corrected chi connectivity index (χ2v) is 7.21. The summed E-state index contributed by atoms with van der Waals surface area (Å²) in [7, 11) is 3.24. The molecule has 0 spiro atoms. The van der Waals surface area contributed by atoms with Crippen molar-refractivity contribution in [1.29, 1.82) is 0 Å². The summed E-state index contributed by atoms with van der Waals surface area (Å²) in [6, 6.07) is 3.55. The van der Waals surface area contributed by atoms with Gasteiger partial charge in [0.1, 0.15) is 6.04 Å². The number of benzene rings is 1. The Morgan fingerprint density at radius 2 is 1.73 bits per heavy atom. The van der Waals surface area contributed by atoms with Crippen LogP contribution in [0, 0.1) is 5.92 Å². The predicted molar refractivity (Wildman–Crippen MR) is 98.2 cm³/mol. The number of fused-ring (bicyclic) bond motifs is 1. The summed E-state index contributed by atoms with van der Waals surface area (Å²) in [4.78, 5) is 26.7. The minimum absolute atomic E-state index is 0.0348. The maximum Gasteiger partial charge on any atom is 0.245 e. The number of nitrogens with one attached hydrogen (secondary N) is 1. The van der Waals surface area contributed by atoms with Gasteiger partial charge in [-0.05, 0) is 48.4 Å². The van der Waals surface area contributed by atoms with E-state index in [2.05, 4.69) is 5.32 Å². The molecule has 1 aliphatic heterocycles. The van der Waals surface area contributed by atoms with E-state index in [1.54, 1.807) is 14.2 Å². The van der Waals surface area contributed by atoms with Crippen LogP contribution < -0.4 is 14.8 Å². The summed E-state index contributed by atoms with van der Waals surface area (Å²) >= 11 is 0. The van der Waals surface area contributed by atoms with E-state index < -0.39 is 6.04 Å². The highest BCUT2D eigenvalue weighted by molar-refractivity contribution is 5.87. The SMILES string of the molecule is COc1cc2c(cc1OC)CN(C(=O)C(NC(C)=O)C1CCCC1)CC2. The van der Waals surface area contributed by atoms with Crippen molar-refractivity contribution in [1.82, 2.24) is 10.2 Å². The number of carbonyl (C=O) groups excluding carboxylic acids is 2. The Balaban J connectivity index is 1.79. The lowest BCUT2D eigenvalue weighted by atomic mass is 9.94. The van der Waals surface area contributed by atoms with E-state index in [1.807, 2.05) is 17.0 Å². The van der Waals surface area contributed by atoms with Crippen LogP contribution >= 0.6 is 0 Å². The van der Waals surface area contributed by atoms with Crippen molar-refractivity contribution in [2.24, 2.45) is 5.92 Å². The van der Waals surface area contributed by atoms with Crippen molar-refractivity contribution in [3.8, 4) is 11.5 Å². The van der Waals surface area contributed by atoms with Crippen LogP contribution in [-0.4, -0.2) is 43.5 Å². The number of nitrogens with zero attached hydrogens (tertiary/aromatic N) is 1. The van der Waals surface area contributed by atoms with E-state index in [1.165, 1.54) is 12.5 Å². The number of methoxy groups -OCH3 is 2. The number of carbonyl (C=O) groups is 2. The molecule has 1 aromatic carbocycles. The zero-order chi connectivity index (χ0) is 18.7. The molecule has 1 aliphatic carbocycles. The molecule has 1 heterocycles. The summed E-state index contributed by atoms with van der Waals surface area (Å²) in [5.41, 5.74) is 2.26. The minimum atomic E-state index is -0.406. The lowest BCUT2D eigenvalue weighted by molar-refractivity contribution is -0.138. The van der Waals surface area contributed by atoms with E-state index in [0.29, 0.717) is 24.6 Å². The van der Waals surface area contributed by atoms with Gasteiger partial charge < -0.3 is 19.7 Å². The van der Waals surface area contributed by atoms with Crippen molar-refractivity contribution in [3.05, 3.63) is 23.3 Å². The fraction of sp³-hybridized carbons (Fsp3) is 0.600. The Labute approximate surface area is 154 Å². The lowest BCUT2D eigenvalue weighted by Gasteiger charge is -2.34. The van der Waals surface area contributed by atoms with Crippen molar-refractivity contribution < 1.29 is 19.1 Å². The van der Waals surface area contributed by atoms with Gasteiger partial charge in [0.25, 0.3) is 0 Å². The molecule has 142 valence electrons. The maximum atomic E-state index is 13.2. The molecule has 3 rings (SSSR count). The average Bonchev–Trinajstić information content (AvgIpc) is 3.18. The van der Waals surface area contributed by atoms with Crippen LogP contribution in [-0.2, 0) is 22.6 Å². The number of amides is 2. The van der Waals surface area contributed by atoms with Gasteiger partial charge in [0.2, 0.25) is 11.8 Å². The monoisotopic (exact) mass is 360 g/mol. The van der Waals surface area contributed by atoms with Gasteiger partial charge in [0.15, 0.2) is 11.5 Å². The molecule has 1 unspecified atom stereocenters. The zero-order valence-corrected chi connectivity index (χ0v) is 15.8. The Morgan fingerprint density at radius 3 is 2.31 bits per heavy atom. The van der Waals surface area contributed by atoms with Gasteiger partial charge in [-0.15, -0.1) is 0 Å². The molecule has 1 N–H and O–H groups in total. The van der Waals surface area contributed by atoms with Gasteiger partial charge in [0, 0.05) is 20.0 Å². The van der Waals surface area contributed by atoms with E-state index >= 15 is 0 Å². The maximum absolute atomic E-state index is 13.2. The smallest absolute Gasteiger partial charge is 0.245 e. The molecule has 2 amide bonds. The first kappa shape index (κ1) is 18.5. The summed E-state index contributed by atoms with van der Waals surface area (Å²) in [6.07, 6.45) is 5.05. The first-order valence-corrected chi connectivity index (χ1v) is 9.33. The molecule has 1 atom stereocenters. The Hall–Kier alpha value is -2.24. The molecular formula is C20H28N2O4. The standard InChI is InChI=1S/C20H28N2O4/c1-13(23)21-19(14-6-4-5-7-14)20(24)22-9-8-15-10-17(25-2)18(26-3)11-16(15)12-22/h10-11,14,19H,4-9,12H2,1-3H3,(H,21,23). The van der Waals surface area contributed by atoms with Gasteiger partial charge >= 0.3 is 0 Å². The van der Waals surface area contributed by atoms with Crippen molar-refractivity contribution in [2.75, 3.05) is 20.8 Å². The molecule has 1 aromatic rings. The molecule has 1 saturated carbocycles. The molecule has 6 heteroatoms. The molecule has 0 radical (unpaired) electrons. The van der Waals surface area contributed by atoms with Crippen LogP contribution in [0.15, 0.2) is 12.1 Å². The van der Waals surface area contributed by atoms with Crippen molar-refractivity contribution in [2.45, 2.75) is 51.6 Å². The van der Waals surface area contributed by atoms with Gasteiger partial charge in [-0.25, -0.2) is 0 Å². The number of hydrogen-bond acceptors (Lipinski definition) is 4. The van der Waals surface area contributed by atoms with Crippen molar-refractivity contribution >= 4 is 11.8 Å². The normalized spacial score (nSPS) is 18.2. The molecular weight excluding hydrogens is 332 g/mol. The Bertz CT molecular complexity index is 683. The average molecular weight is 360 g/mol. The molecule has 1 fully saturated rings. The highest BCUT2D eigenvalue weighted by atomic mass is 16.5. The van der Waals surface area contributed by atoms with E-state index in [-0.39, 0.29) is 17.7 Å². The molecule has 0 bridgehead atoms. The predicted octanol–water partition coefficient (Wildman–Crippen LogP) is 2.28. The molecule has 2 aliphatic rings. The van der Waals surface area contributed by atoms with Gasteiger partial charge in [-0.1, -0.05) is 12.8 Å². The Morgan fingerprint density at radius 1 is 1.12 bits per heavy atom. The molecule has 0 aromatic heterocycles. The van der Waals surface area contributed by atoms with Crippen molar-refractivity contribution in [3.63, 3.8) is 0 Å². The van der Waals surface area contributed by atoms with Gasteiger partial charge in [-0.3, -0.25) is 9.59 Å². The van der Waals surface area contributed by atoms with E-state index in [9.17, 15) is 9.59 Å². The third-order valence-electron chi connectivity index (χ3n) is 5.53. The molecule has 6 nitrogen and oxygen atoms in total. The van der Waals surface area contributed by atoms with Crippen LogP contribution in [0.1, 0.15) is 43.7 Å². The fourth-order valence-corrected chi connectivity index (χ4v) is 4.16. The van der Waals surface area contributed by atoms with Crippen LogP contribution in [0.5, 0.6) is 11.5 Å². The number of rotatable bonds is 5. The third-order valence-corrected chi connectivity index (χ3v) is 5.53. The summed E-state index contributed by atoms with van der Waals surface area (Å²) in [6.45, 7) is 2.68.